The van der Waals surface area contributed by atoms with E-state index in [4.69, 9.17) is 5.73 Å². The number of nitrogens with two attached hydrogens (primary N) is 1. The number of allylic oxidation sites excluding steroid dienone is 1. The van der Waals surface area contributed by atoms with Crippen molar-refractivity contribution >= 4 is 23.7 Å². The normalized spacial score (nSPS) is 11.4. The zero-order valence-corrected chi connectivity index (χ0v) is 18.3. The first-order chi connectivity index (χ1) is 15.5. The molecule has 0 amide bonds. The molecular formula is C25H25BFN5. The summed E-state index contributed by atoms with van der Waals surface area (Å²) in [4.78, 5) is 4.06. The summed E-state index contributed by atoms with van der Waals surface area (Å²) in [6, 6.07) is 16.9. The summed E-state index contributed by atoms with van der Waals surface area (Å²) < 4.78 is 15.2. The van der Waals surface area contributed by atoms with Crippen LogP contribution in [0.3, 0.4) is 0 Å². The Hall–Kier alpha value is -3.74. The molecule has 4 aromatic rings. The molecule has 0 spiro atoms. The molecule has 0 aliphatic carbocycles. The van der Waals surface area contributed by atoms with E-state index >= 15 is 0 Å². The molecule has 0 saturated carbocycles. The SMILES string of the molecule is C=C(NCCc1cccc(F)c1)/C(=B/C)c1cc(-c2ccc3c(N)ncnn23)ccc1C. The van der Waals surface area contributed by atoms with Gasteiger partial charge in [0.05, 0.1) is 0 Å². The first-order valence-electron chi connectivity index (χ1n) is 10.5. The maximum atomic E-state index is 13.4. The summed E-state index contributed by atoms with van der Waals surface area (Å²) in [5.74, 6) is 0.233. The molecule has 4 rings (SSSR count). The molecule has 32 heavy (non-hydrogen) atoms. The second-order valence-electron chi connectivity index (χ2n) is 7.68. The number of aryl methyl sites for hydroxylation is 1. The molecule has 2 aromatic carbocycles. The van der Waals surface area contributed by atoms with E-state index < -0.39 is 0 Å². The van der Waals surface area contributed by atoms with E-state index in [0.29, 0.717) is 18.8 Å². The Morgan fingerprint density at radius 3 is 2.81 bits per heavy atom. The molecular weight excluding hydrogens is 400 g/mol. The number of nitrogen functional groups attached to an aromatic ring is 1. The van der Waals surface area contributed by atoms with Gasteiger partial charge < -0.3 is 0 Å². The third-order valence-corrected chi connectivity index (χ3v) is 5.56. The number of fused-ring (bicyclic) bond motifs is 1. The van der Waals surface area contributed by atoms with Gasteiger partial charge in [-0.15, -0.1) is 0 Å². The van der Waals surface area contributed by atoms with Crippen LogP contribution in [0.4, 0.5) is 10.2 Å². The van der Waals surface area contributed by atoms with Gasteiger partial charge in [0.25, 0.3) is 0 Å². The van der Waals surface area contributed by atoms with E-state index in [9.17, 15) is 4.39 Å². The molecule has 0 saturated heterocycles. The average molecular weight is 425 g/mol. The summed E-state index contributed by atoms with van der Waals surface area (Å²) in [7, 11) is 0. The van der Waals surface area contributed by atoms with Gasteiger partial charge in [0.1, 0.15) is 0 Å². The van der Waals surface area contributed by atoms with Crippen molar-refractivity contribution in [1.29, 1.82) is 0 Å². The van der Waals surface area contributed by atoms with Crippen molar-refractivity contribution in [1.82, 2.24) is 19.9 Å². The van der Waals surface area contributed by atoms with Crippen LogP contribution < -0.4 is 11.1 Å². The van der Waals surface area contributed by atoms with Gasteiger partial charge in [-0.25, -0.2) is 0 Å². The Kier molecular flexibility index (Phi) is 6.17. The van der Waals surface area contributed by atoms with Crippen LogP contribution >= 0.6 is 0 Å². The first-order valence-corrected chi connectivity index (χ1v) is 10.5. The van der Waals surface area contributed by atoms with E-state index in [1.54, 1.807) is 16.6 Å². The molecule has 7 heteroatoms. The third-order valence-electron chi connectivity index (χ3n) is 5.56. The van der Waals surface area contributed by atoms with Crippen molar-refractivity contribution in [3.8, 4) is 11.3 Å². The van der Waals surface area contributed by atoms with E-state index in [-0.39, 0.29) is 5.82 Å². The van der Waals surface area contributed by atoms with Gasteiger partial charge in [-0.1, -0.05) is 0 Å². The van der Waals surface area contributed by atoms with Gasteiger partial charge in [-0.3, -0.25) is 0 Å². The predicted molar refractivity (Wildman–Crippen MR) is 131 cm³/mol. The van der Waals surface area contributed by atoms with E-state index in [1.165, 1.54) is 12.4 Å². The van der Waals surface area contributed by atoms with Crippen molar-refractivity contribution in [2.75, 3.05) is 12.3 Å². The summed E-state index contributed by atoms with van der Waals surface area (Å²) in [5, 5.41) is 7.75. The molecule has 0 unspecified atom stereocenters. The number of benzene rings is 2. The second-order valence-corrected chi connectivity index (χ2v) is 7.68. The Labute approximate surface area is 187 Å². The summed E-state index contributed by atoms with van der Waals surface area (Å²) >= 11 is 0. The number of halogens is 1. The molecule has 0 aliphatic rings. The van der Waals surface area contributed by atoms with Crippen LogP contribution in [0.2, 0.25) is 6.82 Å². The predicted octanol–water partition coefficient (Wildman–Crippen LogP) is 4.04. The monoisotopic (exact) mass is 425 g/mol. The van der Waals surface area contributed by atoms with Crippen LogP contribution in [0.25, 0.3) is 16.8 Å². The van der Waals surface area contributed by atoms with Crippen LogP contribution in [-0.2, 0) is 6.42 Å². The molecule has 160 valence electrons. The summed E-state index contributed by atoms with van der Waals surface area (Å²) in [6.45, 7) is 11.1. The van der Waals surface area contributed by atoms with Gasteiger partial charge >= 0.3 is 187 Å². The fourth-order valence-electron chi connectivity index (χ4n) is 3.88. The molecule has 0 bridgehead atoms. The zero-order valence-electron chi connectivity index (χ0n) is 18.3. The Bertz CT molecular complexity index is 1330. The van der Waals surface area contributed by atoms with Crippen molar-refractivity contribution in [3.63, 3.8) is 0 Å². The van der Waals surface area contributed by atoms with Crippen molar-refractivity contribution in [3.05, 3.63) is 95.7 Å². The van der Waals surface area contributed by atoms with Crippen molar-refractivity contribution in [2.45, 2.75) is 20.2 Å². The molecule has 5 nitrogen and oxygen atoms in total. The van der Waals surface area contributed by atoms with Crippen LogP contribution in [-0.4, -0.2) is 33.5 Å². The summed E-state index contributed by atoms with van der Waals surface area (Å²) in [5.41, 5.74) is 13.8. The first kappa shape index (κ1) is 21.5. The molecule has 0 aliphatic heterocycles. The van der Waals surface area contributed by atoms with Gasteiger partial charge in [0, 0.05) is 0 Å². The van der Waals surface area contributed by atoms with Crippen LogP contribution in [0.5, 0.6) is 0 Å². The molecule has 0 atom stereocenters. The number of anilines is 1. The fourth-order valence-corrected chi connectivity index (χ4v) is 3.88. The number of nitrogens with one attached hydrogen (secondary N) is 1. The molecule has 0 fully saturated rings. The van der Waals surface area contributed by atoms with Crippen molar-refractivity contribution < 1.29 is 4.39 Å². The van der Waals surface area contributed by atoms with E-state index in [0.717, 1.165) is 44.6 Å². The Morgan fingerprint density at radius 2 is 2.03 bits per heavy atom. The standard InChI is InChI=1S/C25H25BFN5/c1-16-7-8-19(22-9-10-23-25(28)30-15-31-32(22)23)14-21(16)24(26-3)17(2)29-12-11-18-5-4-6-20(27)13-18/h4-10,13-15,29H,2,11-12H2,1,3H3,(H2,28,30,31). The topological polar surface area (TPSA) is 68.2 Å². The van der Waals surface area contributed by atoms with E-state index in [2.05, 4.69) is 54.0 Å². The van der Waals surface area contributed by atoms with Crippen molar-refractivity contribution in [2.24, 2.45) is 0 Å². The molecule has 3 N–H and O–H groups in total. The van der Waals surface area contributed by atoms with Crippen LogP contribution in [0.1, 0.15) is 16.7 Å². The van der Waals surface area contributed by atoms with Gasteiger partial charge in [-0.2, -0.15) is 0 Å². The van der Waals surface area contributed by atoms with Gasteiger partial charge in [0.15, 0.2) is 0 Å². The Morgan fingerprint density at radius 1 is 1.19 bits per heavy atom. The minimum absolute atomic E-state index is 0.215. The van der Waals surface area contributed by atoms with Gasteiger partial charge in [0.2, 0.25) is 0 Å². The number of hydrogen-bond acceptors (Lipinski definition) is 4. The minimum atomic E-state index is -0.215. The summed E-state index contributed by atoms with van der Waals surface area (Å²) in [6.07, 6.45) is 2.17. The average Bonchev–Trinajstić information content (AvgIpc) is 3.21. The number of hydrogen-bond donors (Lipinski definition) is 2. The molecule has 0 radical (unpaired) electrons. The number of nitrogens with zero attached hydrogens (tertiary/aromatic N) is 3. The van der Waals surface area contributed by atoms with E-state index in [1.807, 2.05) is 25.0 Å². The Balaban J connectivity index is 1.57. The number of rotatable bonds is 7. The third kappa shape index (κ3) is 4.32. The van der Waals surface area contributed by atoms with Crippen LogP contribution in [0.15, 0.2) is 73.2 Å². The number of aromatic nitrogens is 3. The maximum absolute atomic E-state index is 13.4. The van der Waals surface area contributed by atoms with Gasteiger partial charge in [-0.05, 0) is 0 Å². The van der Waals surface area contributed by atoms with Crippen LogP contribution in [0, 0.1) is 12.7 Å². The molecule has 2 heterocycles. The quantitative estimate of drug-likeness (QED) is 0.439. The second kappa shape index (κ2) is 9.18. The molecule has 2 aromatic heterocycles. The zero-order chi connectivity index (χ0) is 22.7. The fraction of sp³-hybridized carbons (Fsp3) is 0.160.